The summed E-state index contributed by atoms with van der Waals surface area (Å²) in [7, 11) is 0. The van der Waals surface area contributed by atoms with Crippen LogP contribution in [0.3, 0.4) is 0 Å². The number of anilines is 1. The normalized spacial score (nSPS) is 14.1. The van der Waals surface area contributed by atoms with Gasteiger partial charge >= 0.3 is 0 Å². The van der Waals surface area contributed by atoms with Gasteiger partial charge in [0.1, 0.15) is 11.5 Å². The van der Waals surface area contributed by atoms with Gasteiger partial charge in [0.2, 0.25) is 0 Å². The molecule has 0 atom stereocenters. The number of rotatable bonds is 5. The van der Waals surface area contributed by atoms with Gasteiger partial charge in [0.25, 0.3) is 5.91 Å². The van der Waals surface area contributed by atoms with Gasteiger partial charge in [0, 0.05) is 31.7 Å². The monoisotopic (exact) mass is 416 g/mol. The Morgan fingerprint density at radius 3 is 2.00 bits per heavy atom. The molecule has 1 aromatic heterocycles. The number of hydrogen-bond acceptors (Lipinski definition) is 5. The number of aromatic nitrogens is 2. The predicted molar refractivity (Wildman–Crippen MR) is 122 cm³/mol. The maximum Gasteiger partial charge on any atom is 0.253 e. The van der Waals surface area contributed by atoms with Crippen LogP contribution in [0.5, 0.6) is 11.5 Å². The molecular formula is C25H28N4O2. The third-order valence-corrected chi connectivity index (χ3v) is 5.56. The summed E-state index contributed by atoms with van der Waals surface area (Å²) < 4.78 is 5.92. The second-order valence-electron chi connectivity index (χ2n) is 8.16. The first-order valence-electron chi connectivity index (χ1n) is 10.7. The largest absolute Gasteiger partial charge is 0.457 e. The molecule has 1 aliphatic heterocycles. The molecule has 1 saturated heterocycles. The van der Waals surface area contributed by atoms with E-state index >= 15 is 0 Å². The highest BCUT2D eigenvalue weighted by Gasteiger charge is 2.23. The zero-order chi connectivity index (χ0) is 21.8. The fraction of sp³-hybridized carbons (Fsp3) is 0.320. The zero-order valence-electron chi connectivity index (χ0n) is 18.3. The molecule has 0 saturated carbocycles. The lowest BCUT2D eigenvalue weighted by molar-refractivity contribution is 0.0746. The molecule has 1 aliphatic rings. The summed E-state index contributed by atoms with van der Waals surface area (Å²) in [6.45, 7) is 9.08. The third-order valence-electron chi connectivity index (χ3n) is 5.56. The molecule has 2 aromatic carbocycles. The van der Waals surface area contributed by atoms with E-state index in [0.29, 0.717) is 24.6 Å². The fourth-order valence-electron chi connectivity index (χ4n) is 3.60. The molecule has 31 heavy (non-hydrogen) atoms. The molecule has 6 heteroatoms. The van der Waals surface area contributed by atoms with Gasteiger partial charge in [-0.15, -0.1) is 5.10 Å². The molecule has 2 heterocycles. The standard InChI is InChI=1S/C25H28N4O2/c1-18(2)20-5-9-22(10-6-20)31-23-11-7-21(8-12-23)25(30)29-16-14-28(15-17-29)24-13-4-19(3)26-27-24/h4-13,18H,14-17H2,1-3H3. The molecule has 1 amide bonds. The van der Waals surface area contributed by atoms with Crippen LogP contribution in [0.1, 0.15) is 41.4 Å². The molecule has 0 radical (unpaired) electrons. The summed E-state index contributed by atoms with van der Waals surface area (Å²) >= 11 is 0. The second kappa shape index (κ2) is 9.16. The smallest absolute Gasteiger partial charge is 0.253 e. The van der Waals surface area contributed by atoms with Crippen molar-refractivity contribution >= 4 is 11.7 Å². The number of amides is 1. The van der Waals surface area contributed by atoms with E-state index in [1.165, 1.54) is 5.56 Å². The molecule has 1 fully saturated rings. The van der Waals surface area contributed by atoms with Gasteiger partial charge in [0.15, 0.2) is 5.82 Å². The zero-order valence-corrected chi connectivity index (χ0v) is 18.3. The molecule has 3 aromatic rings. The highest BCUT2D eigenvalue weighted by atomic mass is 16.5. The minimum absolute atomic E-state index is 0.0440. The van der Waals surface area contributed by atoms with Crippen molar-refractivity contribution in [1.82, 2.24) is 15.1 Å². The molecule has 0 aliphatic carbocycles. The molecule has 0 unspecified atom stereocenters. The van der Waals surface area contributed by atoms with Gasteiger partial charge < -0.3 is 14.5 Å². The Balaban J connectivity index is 1.33. The van der Waals surface area contributed by atoms with Crippen molar-refractivity contribution in [2.75, 3.05) is 31.1 Å². The minimum Gasteiger partial charge on any atom is -0.457 e. The average molecular weight is 417 g/mol. The Bertz CT molecular complexity index is 1010. The minimum atomic E-state index is 0.0440. The van der Waals surface area contributed by atoms with E-state index in [9.17, 15) is 4.79 Å². The fourth-order valence-corrected chi connectivity index (χ4v) is 3.60. The van der Waals surface area contributed by atoms with Crippen molar-refractivity contribution in [3.63, 3.8) is 0 Å². The summed E-state index contributed by atoms with van der Waals surface area (Å²) in [5.41, 5.74) is 2.85. The summed E-state index contributed by atoms with van der Waals surface area (Å²) in [5, 5.41) is 8.37. The quantitative estimate of drug-likeness (QED) is 0.605. The Morgan fingerprint density at radius 1 is 0.839 bits per heavy atom. The van der Waals surface area contributed by atoms with E-state index in [1.54, 1.807) is 0 Å². The highest BCUT2D eigenvalue weighted by molar-refractivity contribution is 5.94. The maximum atomic E-state index is 12.9. The highest BCUT2D eigenvalue weighted by Crippen LogP contribution is 2.25. The van der Waals surface area contributed by atoms with Crippen molar-refractivity contribution in [2.24, 2.45) is 0 Å². The van der Waals surface area contributed by atoms with E-state index < -0.39 is 0 Å². The number of aryl methyl sites for hydroxylation is 1. The van der Waals surface area contributed by atoms with Crippen LogP contribution in [-0.4, -0.2) is 47.2 Å². The van der Waals surface area contributed by atoms with Crippen LogP contribution >= 0.6 is 0 Å². The molecule has 4 rings (SSSR count). The molecular weight excluding hydrogens is 388 g/mol. The molecule has 0 bridgehead atoms. The summed E-state index contributed by atoms with van der Waals surface area (Å²) in [6, 6.07) is 19.4. The van der Waals surface area contributed by atoms with E-state index in [2.05, 4.69) is 41.1 Å². The SMILES string of the molecule is Cc1ccc(N2CCN(C(=O)c3ccc(Oc4ccc(C(C)C)cc4)cc3)CC2)nn1. The number of nitrogens with zero attached hydrogens (tertiary/aromatic N) is 4. The van der Waals surface area contributed by atoms with Crippen LogP contribution in [0, 0.1) is 6.92 Å². The number of piperazine rings is 1. The van der Waals surface area contributed by atoms with Gasteiger partial charge in [-0.2, -0.15) is 5.10 Å². The Morgan fingerprint density at radius 2 is 1.45 bits per heavy atom. The predicted octanol–water partition coefficient (Wildman–Crippen LogP) is 4.66. The van der Waals surface area contributed by atoms with Crippen molar-refractivity contribution in [3.8, 4) is 11.5 Å². The van der Waals surface area contributed by atoms with Gasteiger partial charge in [0.05, 0.1) is 5.69 Å². The van der Waals surface area contributed by atoms with Crippen molar-refractivity contribution in [3.05, 3.63) is 77.5 Å². The van der Waals surface area contributed by atoms with Crippen molar-refractivity contribution in [2.45, 2.75) is 26.7 Å². The van der Waals surface area contributed by atoms with E-state index in [4.69, 9.17) is 4.74 Å². The van der Waals surface area contributed by atoms with E-state index in [1.807, 2.05) is 60.4 Å². The number of benzene rings is 2. The van der Waals surface area contributed by atoms with Gasteiger partial charge in [-0.25, -0.2) is 0 Å². The van der Waals surface area contributed by atoms with Gasteiger partial charge in [-0.1, -0.05) is 26.0 Å². The molecule has 0 spiro atoms. The first-order valence-corrected chi connectivity index (χ1v) is 10.7. The summed E-state index contributed by atoms with van der Waals surface area (Å²) in [4.78, 5) is 16.9. The number of ether oxygens (including phenoxy) is 1. The lowest BCUT2D eigenvalue weighted by Gasteiger charge is -2.35. The first kappa shape index (κ1) is 20.8. The topological polar surface area (TPSA) is 58.6 Å². The Kier molecular flexibility index (Phi) is 6.16. The van der Waals surface area contributed by atoms with Gasteiger partial charge in [-0.3, -0.25) is 4.79 Å². The Labute approximate surface area is 183 Å². The number of hydrogen-bond donors (Lipinski definition) is 0. The van der Waals surface area contributed by atoms with Crippen LogP contribution in [0.15, 0.2) is 60.7 Å². The summed E-state index contributed by atoms with van der Waals surface area (Å²) in [5.74, 6) is 2.91. The molecule has 160 valence electrons. The van der Waals surface area contributed by atoms with Crippen LogP contribution < -0.4 is 9.64 Å². The third kappa shape index (κ3) is 5.02. The van der Waals surface area contributed by atoms with Crippen molar-refractivity contribution in [1.29, 1.82) is 0 Å². The van der Waals surface area contributed by atoms with Crippen LogP contribution in [0.2, 0.25) is 0 Å². The maximum absolute atomic E-state index is 12.9. The number of carbonyl (C=O) groups excluding carboxylic acids is 1. The Hall–Kier alpha value is -3.41. The lowest BCUT2D eigenvalue weighted by Crippen LogP contribution is -2.49. The number of carbonyl (C=O) groups is 1. The van der Waals surface area contributed by atoms with Gasteiger partial charge in [-0.05, 0) is 66.9 Å². The summed E-state index contributed by atoms with van der Waals surface area (Å²) in [6.07, 6.45) is 0. The molecule has 0 N–H and O–H groups in total. The van der Waals surface area contributed by atoms with E-state index in [0.717, 1.165) is 36.1 Å². The van der Waals surface area contributed by atoms with Crippen LogP contribution in [-0.2, 0) is 0 Å². The van der Waals surface area contributed by atoms with Crippen molar-refractivity contribution < 1.29 is 9.53 Å². The van der Waals surface area contributed by atoms with E-state index in [-0.39, 0.29) is 5.91 Å². The average Bonchev–Trinajstić information content (AvgIpc) is 2.80. The molecule has 6 nitrogen and oxygen atoms in total. The lowest BCUT2D eigenvalue weighted by atomic mass is 10.0. The van der Waals surface area contributed by atoms with Crippen LogP contribution in [0.4, 0.5) is 5.82 Å². The second-order valence-corrected chi connectivity index (χ2v) is 8.16. The van der Waals surface area contributed by atoms with Crippen LogP contribution in [0.25, 0.3) is 0 Å². The first-order chi connectivity index (χ1) is 15.0.